The van der Waals surface area contributed by atoms with Crippen LogP contribution >= 0.6 is 0 Å². The molecule has 4 rings (SSSR count). The highest BCUT2D eigenvalue weighted by atomic mass is 16.6. The lowest BCUT2D eigenvalue weighted by atomic mass is 9.78. The molecule has 1 heterocycles. The minimum atomic E-state index is -2.52. The Morgan fingerprint density at radius 1 is 0.778 bits per heavy atom. The molecule has 1 unspecified atom stereocenters. The molecular formula is C21H14N2O4. The number of fused-ring (bicyclic) bond motifs is 1. The van der Waals surface area contributed by atoms with E-state index in [1.165, 1.54) is 23.1 Å². The number of carbonyl (C=O) groups is 2. The molecule has 132 valence electrons. The molecule has 0 fully saturated rings. The first kappa shape index (κ1) is 16.7. The van der Waals surface area contributed by atoms with Crippen molar-refractivity contribution < 1.29 is 14.5 Å². The van der Waals surface area contributed by atoms with Crippen molar-refractivity contribution in [3.05, 3.63) is 106 Å². The van der Waals surface area contributed by atoms with E-state index in [1.807, 2.05) is 0 Å². The molecule has 0 saturated heterocycles. The first-order valence-electron chi connectivity index (χ1n) is 8.32. The Kier molecular flexibility index (Phi) is 3.81. The lowest BCUT2D eigenvalue weighted by molar-refractivity contribution is -0.541. The Morgan fingerprint density at radius 3 is 1.96 bits per heavy atom. The molecule has 0 N–H and O–H groups in total. The molecule has 6 heteroatoms. The highest BCUT2D eigenvalue weighted by Crippen LogP contribution is 2.43. The van der Waals surface area contributed by atoms with Crippen LogP contribution in [0.3, 0.4) is 0 Å². The van der Waals surface area contributed by atoms with Crippen molar-refractivity contribution in [2.75, 3.05) is 4.90 Å². The Hall–Kier alpha value is -3.80. The summed E-state index contributed by atoms with van der Waals surface area (Å²) in [7, 11) is 0. The fourth-order valence-electron chi connectivity index (χ4n) is 3.46. The SMILES string of the molecule is O=C1c2ccccc2N(c2ccccc2)C(=O)C1(c1ccccc1)[N+](=O)[O-]. The summed E-state index contributed by atoms with van der Waals surface area (Å²) < 4.78 is 0. The number of carbonyl (C=O) groups excluding carboxylic acids is 2. The van der Waals surface area contributed by atoms with Gasteiger partial charge in [0.25, 0.3) is 5.78 Å². The van der Waals surface area contributed by atoms with Crippen molar-refractivity contribution in [3.63, 3.8) is 0 Å². The molecule has 3 aromatic rings. The normalized spacial score (nSPS) is 18.9. The van der Waals surface area contributed by atoms with Crippen LogP contribution in [0, 0.1) is 10.1 Å². The third kappa shape index (κ3) is 2.27. The summed E-state index contributed by atoms with van der Waals surface area (Å²) in [6.45, 7) is 0. The highest BCUT2D eigenvalue weighted by molar-refractivity contribution is 6.29. The van der Waals surface area contributed by atoms with Crippen LogP contribution in [0.5, 0.6) is 0 Å². The van der Waals surface area contributed by atoms with E-state index in [4.69, 9.17) is 0 Å². The summed E-state index contributed by atoms with van der Waals surface area (Å²) in [6, 6.07) is 22.8. The van der Waals surface area contributed by atoms with Crippen molar-refractivity contribution in [1.82, 2.24) is 0 Å². The average Bonchev–Trinajstić information content (AvgIpc) is 2.70. The molecule has 0 saturated carbocycles. The van der Waals surface area contributed by atoms with Gasteiger partial charge in [-0.3, -0.25) is 24.6 Å². The van der Waals surface area contributed by atoms with Gasteiger partial charge in [-0.1, -0.05) is 60.7 Å². The number of Topliss-reactive ketones (excluding diaryl/α,β-unsaturated/α-hetero) is 1. The number of hydrogen-bond donors (Lipinski definition) is 0. The molecule has 1 atom stereocenters. The second-order valence-corrected chi connectivity index (χ2v) is 6.16. The molecule has 0 bridgehead atoms. The van der Waals surface area contributed by atoms with E-state index in [1.54, 1.807) is 66.7 Å². The lowest BCUT2D eigenvalue weighted by Gasteiger charge is -2.36. The third-order valence-corrected chi connectivity index (χ3v) is 4.71. The Labute approximate surface area is 154 Å². The number of anilines is 2. The second kappa shape index (κ2) is 6.17. The summed E-state index contributed by atoms with van der Waals surface area (Å²) in [5, 5.41) is 12.2. The van der Waals surface area contributed by atoms with Crippen LogP contribution in [-0.2, 0) is 10.3 Å². The number of benzene rings is 3. The number of ketones is 1. The largest absolute Gasteiger partial charge is 0.385 e. The minimum absolute atomic E-state index is 0.0421. The molecule has 0 aliphatic carbocycles. The Balaban J connectivity index is 2.07. The molecule has 0 spiro atoms. The average molecular weight is 358 g/mol. The third-order valence-electron chi connectivity index (χ3n) is 4.71. The van der Waals surface area contributed by atoms with Gasteiger partial charge in [0.1, 0.15) is 0 Å². The summed E-state index contributed by atoms with van der Waals surface area (Å²) in [4.78, 5) is 39.5. The zero-order valence-corrected chi connectivity index (χ0v) is 14.1. The van der Waals surface area contributed by atoms with Gasteiger partial charge in [0.2, 0.25) is 0 Å². The van der Waals surface area contributed by atoms with Crippen LogP contribution in [0.25, 0.3) is 0 Å². The topological polar surface area (TPSA) is 80.5 Å². The lowest BCUT2D eigenvalue weighted by Crippen LogP contribution is -2.59. The fourth-order valence-corrected chi connectivity index (χ4v) is 3.46. The van der Waals surface area contributed by atoms with E-state index < -0.39 is 22.2 Å². The van der Waals surface area contributed by atoms with E-state index >= 15 is 0 Å². The summed E-state index contributed by atoms with van der Waals surface area (Å²) in [5.74, 6) is -1.72. The predicted octanol–water partition coefficient (Wildman–Crippen LogP) is 3.72. The molecule has 3 aromatic carbocycles. The second-order valence-electron chi connectivity index (χ2n) is 6.16. The summed E-state index contributed by atoms with van der Waals surface area (Å²) in [6.07, 6.45) is 0. The number of rotatable bonds is 3. The highest BCUT2D eigenvalue weighted by Gasteiger charge is 2.65. The van der Waals surface area contributed by atoms with E-state index in [2.05, 4.69) is 0 Å². The van der Waals surface area contributed by atoms with Crippen molar-refractivity contribution in [3.8, 4) is 0 Å². The monoisotopic (exact) mass is 358 g/mol. The van der Waals surface area contributed by atoms with Crippen molar-refractivity contribution >= 4 is 23.1 Å². The number of amides is 1. The Morgan fingerprint density at radius 2 is 1.33 bits per heavy atom. The maximum absolute atomic E-state index is 13.5. The number of nitrogens with zero attached hydrogens (tertiary/aromatic N) is 2. The maximum Gasteiger partial charge on any atom is 0.385 e. The minimum Gasteiger partial charge on any atom is -0.285 e. The van der Waals surface area contributed by atoms with Gasteiger partial charge >= 0.3 is 11.4 Å². The summed E-state index contributed by atoms with van der Waals surface area (Å²) >= 11 is 0. The van der Waals surface area contributed by atoms with Gasteiger partial charge in [-0.15, -0.1) is 0 Å². The van der Waals surface area contributed by atoms with Crippen LogP contribution in [0.15, 0.2) is 84.9 Å². The zero-order chi connectivity index (χ0) is 19.0. The van der Waals surface area contributed by atoms with Gasteiger partial charge in [0, 0.05) is 16.2 Å². The van der Waals surface area contributed by atoms with Crippen LogP contribution in [0.4, 0.5) is 11.4 Å². The number of para-hydroxylation sites is 2. The van der Waals surface area contributed by atoms with Crippen LogP contribution in [0.1, 0.15) is 15.9 Å². The van der Waals surface area contributed by atoms with Gasteiger partial charge < -0.3 is 0 Å². The first-order chi connectivity index (χ1) is 13.1. The van der Waals surface area contributed by atoms with E-state index in [0.29, 0.717) is 11.4 Å². The van der Waals surface area contributed by atoms with Gasteiger partial charge in [-0.05, 0) is 24.3 Å². The van der Waals surface area contributed by atoms with E-state index in [-0.39, 0.29) is 11.1 Å². The quantitative estimate of drug-likeness (QED) is 0.406. The van der Waals surface area contributed by atoms with Crippen LogP contribution in [-0.4, -0.2) is 16.6 Å². The molecule has 1 aliphatic heterocycles. The van der Waals surface area contributed by atoms with Gasteiger partial charge in [0.15, 0.2) is 0 Å². The molecule has 27 heavy (non-hydrogen) atoms. The standard InChI is InChI=1S/C21H14N2O4/c24-19-17-13-7-8-14-18(17)22(16-11-5-2-6-12-16)20(25)21(19,23(26)27)15-9-3-1-4-10-15/h1-14H. The Bertz CT molecular complexity index is 1050. The van der Waals surface area contributed by atoms with Gasteiger partial charge in [0.05, 0.1) is 11.3 Å². The van der Waals surface area contributed by atoms with Gasteiger partial charge in [-0.2, -0.15) is 0 Å². The zero-order valence-electron chi connectivity index (χ0n) is 14.1. The molecule has 1 amide bonds. The summed E-state index contributed by atoms with van der Waals surface area (Å²) in [5.41, 5.74) is -1.54. The van der Waals surface area contributed by atoms with Crippen LogP contribution in [0.2, 0.25) is 0 Å². The van der Waals surface area contributed by atoms with Crippen molar-refractivity contribution in [2.24, 2.45) is 0 Å². The van der Waals surface area contributed by atoms with Gasteiger partial charge in [-0.25, -0.2) is 0 Å². The molecule has 0 radical (unpaired) electrons. The van der Waals surface area contributed by atoms with Crippen LogP contribution < -0.4 is 4.90 Å². The van der Waals surface area contributed by atoms with Crippen molar-refractivity contribution in [1.29, 1.82) is 0 Å². The molecular weight excluding hydrogens is 344 g/mol. The first-order valence-corrected chi connectivity index (χ1v) is 8.32. The smallest absolute Gasteiger partial charge is 0.285 e. The number of hydrogen-bond acceptors (Lipinski definition) is 4. The molecule has 0 aromatic heterocycles. The van der Waals surface area contributed by atoms with Crippen molar-refractivity contribution in [2.45, 2.75) is 5.54 Å². The number of nitro groups is 1. The molecule has 6 nitrogen and oxygen atoms in total. The fraction of sp³-hybridized carbons (Fsp3) is 0.0476. The predicted molar refractivity (Wildman–Crippen MR) is 99.5 cm³/mol. The van der Waals surface area contributed by atoms with E-state index in [9.17, 15) is 19.7 Å². The maximum atomic E-state index is 13.5. The molecule has 1 aliphatic rings. The van der Waals surface area contributed by atoms with E-state index in [0.717, 1.165) is 0 Å².